The first kappa shape index (κ1) is 11.0. The van der Waals surface area contributed by atoms with Crippen LogP contribution in [0.15, 0.2) is 23.1 Å². The van der Waals surface area contributed by atoms with Crippen molar-refractivity contribution < 1.29 is 5.11 Å². The number of hydrogen-bond donors (Lipinski definition) is 1. The van der Waals surface area contributed by atoms with Crippen LogP contribution < -0.4 is 0 Å². The van der Waals surface area contributed by atoms with E-state index in [0.29, 0.717) is 5.25 Å². The Balaban J connectivity index is 2.12. The highest BCUT2D eigenvalue weighted by Crippen LogP contribution is 2.36. The molecule has 15 heavy (non-hydrogen) atoms. The summed E-state index contributed by atoms with van der Waals surface area (Å²) in [5.74, 6) is 0. The molecule has 0 radical (unpaired) electrons. The van der Waals surface area contributed by atoms with Crippen LogP contribution in [0.1, 0.15) is 30.4 Å². The fourth-order valence-corrected chi connectivity index (χ4v) is 3.45. The van der Waals surface area contributed by atoms with Crippen molar-refractivity contribution in [1.82, 2.24) is 0 Å². The second-order valence-electron chi connectivity index (χ2n) is 4.42. The number of hydrogen-bond acceptors (Lipinski definition) is 2. The molecule has 0 heterocycles. The Hall–Kier alpha value is -0.470. The van der Waals surface area contributed by atoms with Crippen LogP contribution in [0.5, 0.6) is 0 Å². The lowest BCUT2D eigenvalue weighted by atomic mass is 10.2. The highest BCUT2D eigenvalue weighted by atomic mass is 32.2. The summed E-state index contributed by atoms with van der Waals surface area (Å²) in [6, 6.07) is 6.54. The monoisotopic (exact) mass is 222 g/mol. The zero-order valence-electron chi connectivity index (χ0n) is 9.36. The second-order valence-corrected chi connectivity index (χ2v) is 5.70. The average molecular weight is 222 g/mol. The Kier molecular flexibility index (Phi) is 3.37. The molecule has 1 aromatic carbocycles. The van der Waals surface area contributed by atoms with Crippen molar-refractivity contribution in [2.24, 2.45) is 0 Å². The van der Waals surface area contributed by atoms with Crippen molar-refractivity contribution in [1.29, 1.82) is 0 Å². The summed E-state index contributed by atoms with van der Waals surface area (Å²) in [4.78, 5) is 1.33. The topological polar surface area (TPSA) is 20.2 Å². The van der Waals surface area contributed by atoms with E-state index in [0.717, 1.165) is 12.8 Å². The van der Waals surface area contributed by atoms with Gasteiger partial charge in [0, 0.05) is 10.1 Å². The first-order valence-corrected chi connectivity index (χ1v) is 6.47. The molecule has 1 fully saturated rings. The summed E-state index contributed by atoms with van der Waals surface area (Å²) < 4.78 is 0. The number of aryl methyl sites for hydroxylation is 2. The van der Waals surface area contributed by atoms with Gasteiger partial charge in [-0.2, -0.15) is 0 Å². The van der Waals surface area contributed by atoms with Gasteiger partial charge in [-0.1, -0.05) is 17.7 Å². The fraction of sp³-hybridized carbons (Fsp3) is 0.538. The molecular weight excluding hydrogens is 204 g/mol. The van der Waals surface area contributed by atoms with Gasteiger partial charge in [-0.3, -0.25) is 0 Å². The van der Waals surface area contributed by atoms with Crippen molar-refractivity contribution in [3.05, 3.63) is 29.3 Å². The first-order valence-electron chi connectivity index (χ1n) is 5.59. The smallest absolute Gasteiger partial charge is 0.0662 e. The van der Waals surface area contributed by atoms with E-state index >= 15 is 0 Å². The van der Waals surface area contributed by atoms with Crippen molar-refractivity contribution in [3.63, 3.8) is 0 Å². The van der Waals surface area contributed by atoms with Crippen LogP contribution in [0, 0.1) is 13.8 Å². The van der Waals surface area contributed by atoms with E-state index in [1.807, 2.05) is 11.8 Å². The van der Waals surface area contributed by atoms with Gasteiger partial charge in [0.05, 0.1) is 6.10 Å². The zero-order chi connectivity index (χ0) is 10.8. The zero-order valence-corrected chi connectivity index (χ0v) is 10.2. The molecule has 2 rings (SSSR count). The molecule has 0 saturated heterocycles. The molecule has 0 aliphatic heterocycles. The van der Waals surface area contributed by atoms with Crippen LogP contribution in [0.4, 0.5) is 0 Å². The first-order chi connectivity index (χ1) is 7.16. The highest BCUT2D eigenvalue weighted by Gasteiger charge is 2.26. The lowest BCUT2D eigenvalue weighted by molar-refractivity contribution is 0.188. The SMILES string of the molecule is Cc1ccc(C)c(S[C@H]2CCC[C@@H]2O)c1. The van der Waals surface area contributed by atoms with Crippen LogP contribution in [0.25, 0.3) is 0 Å². The maximum Gasteiger partial charge on any atom is 0.0662 e. The lowest BCUT2D eigenvalue weighted by Crippen LogP contribution is -2.15. The van der Waals surface area contributed by atoms with Gasteiger partial charge in [0.2, 0.25) is 0 Å². The minimum Gasteiger partial charge on any atom is -0.392 e. The maximum absolute atomic E-state index is 9.79. The Labute approximate surface area is 95.9 Å². The van der Waals surface area contributed by atoms with E-state index in [1.54, 1.807) is 0 Å². The Morgan fingerprint density at radius 2 is 2.07 bits per heavy atom. The van der Waals surface area contributed by atoms with E-state index in [2.05, 4.69) is 32.0 Å². The van der Waals surface area contributed by atoms with Gasteiger partial charge in [-0.05, 0) is 44.7 Å². The van der Waals surface area contributed by atoms with Gasteiger partial charge < -0.3 is 5.11 Å². The molecule has 1 aromatic rings. The quantitative estimate of drug-likeness (QED) is 0.828. The largest absolute Gasteiger partial charge is 0.392 e. The summed E-state index contributed by atoms with van der Waals surface area (Å²) >= 11 is 1.85. The van der Waals surface area contributed by atoms with Gasteiger partial charge >= 0.3 is 0 Å². The van der Waals surface area contributed by atoms with Gasteiger partial charge in [-0.25, -0.2) is 0 Å². The average Bonchev–Trinajstić information content (AvgIpc) is 2.58. The summed E-state index contributed by atoms with van der Waals surface area (Å²) in [6.07, 6.45) is 3.20. The molecule has 2 atom stereocenters. The van der Waals surface area contributed by atoms with E-state index in [4.69, 9.17) is 0 Å². The fourth-order valence-electron chi connectivity index (χ4n) is 2.04. The van der Waals surface area contributed by atoms with Crippen molar-refractivity contribution in [3.8, 4) is 0 Å². The number of benzene rings is 1. The number of aliphatic hydroxyl groups is 1. The molecular formula is C13H18OS. The Morgan fingerprint density at radius 1 is 1.27 bits per heavy atom. The van der Waals surface area contributed by atoms with Crippen LogP contribution in [-0.4, -0.2) is 16.5 Å². The molecule has 82 valence electrons. The highest BCUT2D eigenvalue weighted by molar-refractivity contribution is 8.00. The minimum absolute atomic E-state index is 0.102. The Bertz CT molecular complexity index is 348. The van der Waals surface area contributed by atoms with Gasteiger partial charge in [0.1, 0.15) is 0 Å². The Morgan fingerprint density at radius 3 is 2.73 bits per heavy atom. The van der Waals surface area contributed by atoms with Crippen LogP contribution in [0.2, 0.25) is 0 Å². The third-order valence-corrected chi connectivity index (χ3v) is 4.59. The molecule has 1 N–H and O–H groups in total. The second kappa shape index (κ2) is 4.58. The predicted molar refractivity (Wildman–Crippen MR) is 65.4 cm³/mol. The van der Waals surface area contributed by atoms with Crippen molar-refractivity contribution in [2.45, 2.75) is 49.4 Å². The summed E-state index contributed by atoms with van der Waals surface area (Å²) in [5, 5.41) is 10.2. The molecule has 0 unspecified atom stereocenters. The molecule has 0 spiro atoms. The van der Waals surface area contributed by atoms with Crippen LogP contribution >= 0.6 is 11.8 Å². The molecule has 1 nitrogen and oxygen atoms in total. The molecule has 1 aliphatic rings. The third kappa shape index (κ3) is 2.56. The summed E-state index contributed by atoms with van der Waals surface area (Å²) in [7, 11) is 0. The molecule has 2 heteroatoms. The van der Waals surface area contributed by atoms with E-state index in [1.165, 1.54) is 22.4 Å². The normalized spacial score (nSPS) is 25.8. The number of thioether (sulfide) groups is 1. The van der Waals surface area contributed by atoms with Gasteiger partial charge in [0.15, 0.2) is 0 Å². The van der Waals surface area contributed by atoms with Crippen molar-refractivity contribution in [2.75, 3.05) is 0 Å². The van der Waals surface area contributed by atoms with E-state index < -0.39 is 0 Å². The van der Waals surface area contributed by atoms with E-state index in [-0.39, 0.29) is 6.10 Å². The standard InChI is InChI=1S/C13H18OS/c1-9-6-7-10(2)13(8-9)15-12-5-3-4-11(12)14/h6-8,11-12,14H,3-5H2,1-2H3/t11-,12-/m0/s1. The molecule has 0 bridgehead atoms. The maximum atomic E-state index is 9.79. The lowest BCUT2D eigenvalue weighted by Gasteiger charge is -2.15. The van der Waals surface area contributed by atoms with Crippen LogP contribution in [0.3, 0.4) is 0 Å². The molecule has 0 amide bonds. The third-order valence-electron chi connectivity index (χ3n) is 3.04. The van der Waals surface area contributed by atoms with Crippen molar-refractivity contribution >= 4 is 11.8 Å². The number of aliphatic hydroxyl groups excluding tert-OH is 1. The molecule has 0 aromatic heterocycles. The minimum atomic E-state index is -0.102. The van der Waals surface area contributed by atoms with Gasteiger partial charge in [-0.15, -0.1) is 11.8 Å². The van der Waals surface area contributed by atoms with E-state index in [9.17, 15) is 5.11 Å². The molecule has 1 aliphatic carbocycles. The summed E-state index contributed by atoms with van der Waals surface area (Å²) in [5.41, 5.74) is 2.63. The summed E-state index contributed by atoms with van der Waals surface area (Å²) in [6.45, 7) is 4.26. The predicted octanol–water partition coefficient (Wildman–Crippen LogP) is 3.31. The molecule has 1 saturated carbocycles. The number of rotatable bonds is 2. The van der Waals surface area contributed by atoms with Crippen LogP contribution in [-0.2, 0) is 0 Å². The van der Waals surface area contributed by atoms with Gasteiger partial charge in [0.25, 0.3) is 0 Å².